The summed E-state index contributed by atoms with van der Waals surface area (Å²) in [5, 5.41) is 7.60. The lowest BCUT2D eigenvalue weighted by atomic mass is 10.0. The maximum atomic E-state index is 12.1. The van der Waals surface area contributed by atoms with E-state index in [1.807, 2.05) is 25.7 Å². The zero-order chi connectivity index (χ0) is 19.6. The lowest BCUT2D eigenvalue weighted by molar-refractivity contribution is -0.122. The van der Waals surface area contributed by atoms with E-state index in [9.17, 15) is 14.4 Å². The summed E-state index contributed by atoms with van der Waals surface area (Å²) in [6, 6.07) is -0.494. The van der Waals surface area contributed by atoms with E-state index in [2.05, 4.69) is 16.0 Å². The van der Waals surface area contributed by atoms with Crippen LogP contribution in [0.2, 0.25) is 0 Å². The van der Waals surface area contributed by atoms with Gasteiger partial charge < -0.3 is 20.1 Å². The lowest BCUT2D eigenvalue weighted by Gasteiger charge is -2.35. The molecule has 0 aromatic rings. The SMILES string of the molecule is COCCNC(=O)NC(=O)CN1CCCC[C@H]1CNC(=O)OC(C)(C)C. The van der Waals surface area contributed by atoms with E-state index < -0.39 is 17.7 Å². The van der Waals surface area contributed by atoms with E-state index in [0.717, 1.165) is 25.8 Å². The lowest BCUT2D eigenvalue weighted by Crippen LogP contribution is -2.52. The van der Waals surface area contributed by atoms with Crippen LogP contribution in [0.15, 0.2) is 0 Å². The molecule has 0 aromatic heterocycles. The quantitative estimate of drug-likeness (QED) is 0.572. The summed E-state index contributed by atoms with van der Waals surface area (Å²) in [7, 11) is 1.53. The van der Waals surface area contributed by atoms with E-state index >= 15 is 0 Å². The highest BCUT2D eigenvalue weighted by Crippen LogP contribution is 2.16. The van der Waals surface area contributed by atoms with Gasteiger partial charge in [0.15, 0.2) is 0 Å². The van der Waals surface area contributed by atoms with Gasteiger partial charge in [-0.1, -0.05) is 6.42 Å². The van der Waals surface area contributed by atoms with E-state index in [-0.39, 0.29) is 18.5 Å². The zero-order valence-corrected chi connectivity index (χ0v) is 16.2. The van der Waals surface area contributed by atoms with Gasteiger partial charge in [-0.2, -0.15) is 0 Å². The van der Waals surface area contributed by atoms with Gasteiger partial charge in [0, 0.05) is 26.2 Å². The summed E-state index contributed by atoms with van der Waals surface area (Å²) in [6.45, 7) is 7.40. The largest absolute Gasteiger partial charge is 0.444 e. The van der Waals surface area contributed by atoms with Gasteiger partial charge in [-0.3, -0.25) is 15.0 Å². The Balaban J connectivity index is 2.41. The number of piperidine rings is 1. The van der Waals surface area contributed by atoms with Gasteiger partial charge in [0.05, 0.1) is 13.2 Å². The number of rotatable bonds is 7. The maximum absolute atomic E-state index is 12.1. The van der Waals surface area contributed by atoms with E-state index in [4.69, 9.17) is 9.47 Å². The number of ether oxygens (including phenoxy) is 2. The molecule has 0 radical (unpaired) electrons. The van der Waals surface area contributed by atoms with Crippen LogP contribution in [0.25, 0.3) is 0 Å². The molecule has 9 nitrogen and oxygen atoms in total. The molecular weight excluding hydrogens is 340 g/mol. The van der Waals surface area contributed by atoms with Crippen LogP contribution in [-0.4, -0.2) is 74.5 Å². The molecule has 1 rings (SSSR count). The summed E-state index contributed by atoms with van der Waals surface area (Å²) in [5.74, 6) is -0.371. The number of urea groups is 1. The standard InChI is InChI=1S/C17H32N4O5/c1-17(2,3)26-16(24)19-11-13-7-5-6-9-21(13)12-14(22)20-15(23)18-8-10-25-4/h13H,5-12H2,1-4H3,(H,19,24)(H2,18,20,22,23)/t13-/m0/s1. The number of methoxy groups -OCH3 is 1. The topological polar surface area (TPSA) is 109 Å². The highest BCUT2D eigenvalue weighted by atomic mass is 16.6. The highest BCUT2D eigenvalue weighted by Gasteiger charge is 2.26. The maximum Gasteiger partial charge on any atom is 0.407 e. The first kappa shape index (κ1) is 22.2. The molecule has 1 fully saturated rings. The third kappa shape index (κ3) is 9.57. The molecular formula is C17H32N4O5. The van der Waals surface area contributed by atoms with Crippen molar-refractivity contribution < 1.29 is 23.9 Å². The fraction of sp³-hybridized carbons (Fsp3) is 0.824. The Bertz CT molecular complexity index is 478. The number of alkyl carbamates (subject to hydrolysis) is 1. The first-order valence-electron chi connectivity index (χ1n) is 8.99. The predicted molar refractivity (Wildman–Crippen MR) is 96.9 cm³/mol. The number of nitrogens with one attached hydrogen (secondary N) is 3. The van der Waals surface area contributed by atoms with E-state index in [0.29, 0.717) is 19.7 Å². The smallest absolute Gasteiger partial charge is 0.407 e. The van der Waals surface area contributed by atoms with Crippen molar-refractivity contribution in [3.63, 3.8) is 0 Å². The number of hydrogen-bond donors (Lipinski definition) is 3. The minimum atomic E-state index is -0.549. The van der Waals surface area contributed by atoms with E-state index in [1.165, 1.54) is 7.11 Å². The number of carbonyl (C=O) groups is 3. The van der Waals surface area contributed by atoms with E-state index in [1.54, 1.807) is 0 Å². The van der Waals surface area contributed by atoms with Gasteiger partial charge in [0.25, 0.3) is 0 Å². The van der Waals surface area contributed by atoms with Crippen molar-refractivity contribution in [2.75, 3.05) is 39.9 Å². The second kappa shape index (κ2) is 11.0. The molecule has 1 aliphatic rings. The van der Waals surface area contributed by atoms with Gasteiger partial charge in [-0.15, -0.1) is 0 Å². The molecule has 4 amide bonds. The Morgan fingerprint density at radius 2 is 1.88 bits per heavy atom. The third-order valence-corrected chi connectivity index (χ3v) is 3.82. The number of carbonyl (C=O) groups excluding carboxylic acids is 3. The van der Waals surface area contributed by atoms with Crippen molar-refractivity contribution in [3.05, 3.63) is 0 Å². The number of imide groups is 1. The molecule has 1 atom stereocenters. The van der Waals surface area contributed by atoms with Crippen LogP contribution in [0.3, 0.4) is 0 Å². The molecule has 1 aliphatic heterocycles. The molecule has 0 spiro atoms. The molecule has 1 heterocycles. The molecule has 0 aromatic carbocycles. The molecule has 0 saturated carbocycles. The third-order valence-electron chi connectivity index (χ3n) is 3.82. The minimum Gasteiger partial charge on any atom is -0.444 e. The fourth-order valence-corrected chi connectivity index (χ4v) is 2.68. The first-order valence-corrected chi connectivity index (χ1v) is 8.99. The Morgan fingerprint density at radius 3 is 2.54 bits per heavy atom. The molecule has 1 saturated heterocycles. The molecule has 150 valence electrons. The molecule has 9 heteroatoms. The van der Waals surface area contributed by atoms with Crippen LogP contribution in [0.5, 0.6) is 0 Å². The Morgan fingerprint density at radius 1 is 1.15 bits per heavy atom. The van der Waals surface area contributed by atoms with Gasteiger partial charge >= 0.3 is 12.1 Å². The van der Waals surface area contributed by atoms with Crippen molar-refractivity contribution in [1.29, 1.82) is 0 Å². The number of nitrogens with zero attached hydrogens (tertiary/aromatic N) is 1. The first-order chi connectivity index (χ1) is 12.2. The molecule has 0 unspecified atom stereocenters. The normalized spacial score (nSPS) is 18.1. The van der Waals surface area contributed by atoms with Crippen molar-refractivity contribution in [2.24, 2.45) is 0 Å². The van der Waals surface area contributed by atoms with Crippen molar-refractivity contribution in [1.82, 2.24) is 20.9 Å². The zero-order valence-electron chi connectivity index (χ0n) is 16.2. The molecule has 26 heavy (non-hydrogen) atoms. The average Bonchev–Trinajstić information content (AvgIpc) is 2.52. The Kier molecular flexibility index (Phi) is 9.36. The monoisotopic (exact) mass is 372 g/mol. The second-order valence-electron chi connectivity index (χ2n) is 7.30. The summed E-state index contributed by atoms with van der Waals surface area (Å²) in [6.07, 6.45) is 2.43. The van der Waals surface area contributed by atoms with Crippen LogP contribution < -0.4 is 16.0 Å². The summed E-state index contributed by atoms with van der Waals surface area (Å²) >= 11 is 0. The summed E-state index contributed by atoms with van der Waals surface area (Å²) < 4.78 is 10.1. The number of likely N-dealkylation sites (tertiary alicyclic amines) is 1. The minimum absolute atomic E-state index is 0.0403. The van der Waals surface area contributed by atoms with Crippen LogP contribution >= 0.6 is 0 Å². The van der Waals surface area contributed by atoms with Gasteiger partial charge in [-0.05, 0) is 40.2 Å². The van der Waals surface area contributed by atoms with Crippen molar-refractivity contribution in [3.8, 4) is 0 Å². The number of amides is 4. The second-order valence-corrected chi connectivity index (χ2v) is 7.30. The van der Waals surface area contributed by atoms with Crippen LogP contribution in [0, 0.1) is 0 Å². The van der Waals surface area contributed by atoms with Crippen LogP contribution in [-0.2, 0) is 14.3 Å². The average molecular weight is 372 g/mol. The summed E-state index contributed by atoms with van der Waals surface area (Å²) in [4.78, 5) is 37.5. The van der Waals surface area contributed by atoms with Gasteiger partial charge in [-0.25, -0.2) is 9.59 Å². The van der Waals surface area contributed by atoms with Gasteiger partial charge in [0.1, 0.15) is 5.60 Å². The highest BCUT2D eigenvalue weighted by molar-refractivity contribution is 5.95. The van der Waals surface area contributed by atoms with Crippen molar-refractivity contribution in [2.45, 2.75) is 51.7 Å². The molecule has 0 aliphatic carbocycles. The van der Waals surface area contributed by atoms with Crippen molar-refractivity contribution >= 4 is 18.0 Å². The van der Waals surface area contributed by atoms with Crippen LogP contribution in [0.4, 0.5) is 9.59 Å². The Labute approximate surface area is 155 Å². The predicted octanol–water partition coefficient (Wildman–Crippen LogP) is 0.838. The van der Waals surface area contributed by atoms with Crippen LogP contribution in [0.1, 0.15) is 40.0 Å². The van der Waals surface area contributed by atoms with Gasteiger partial charge in [0.2, 0.25) is 5.91 Å². The molecule has 0 bridgehead atoms. The Hall–Kier alpha value is -1.87. The number of hydrogen-bond acceptors (Lipinski definition) is 6. The summed E-state index contributed by atoms with van der Waals surface area (Å²) in [5.41, 5.74) is -0.549. The molecule has 3 N–H and O–H groups in total. The fourth-order valence-electron chi connectivity index (χ4n) is 2.68.